The van der Waals surface area contributed by atoms with E-state index in [2.05, 4.69) is 20.5 Å². The quantitative estimate of drug-likeness (QED) is 0.878. The Morgan fingerprint density at radius 2 is 2.12 bits per heavy atom. The van der Waals surface area contributed by atoms with Crippen LogP contribution in [0, 0.1) is 6.92 Å². The van der Waals surface area contributed by atoms with E-state index in [0.29, 0.717) is 25.6 Å². The fraction of sp³-hybridized carbons (Fsp3) is 0.412. The molecule has 2 aromatic rings. The number of ether oxygens (including phenoxy) is 1. The Hall–Kier alpha value is -2.38. The number of pyridine rings is 1. The van der Waals surface area contributed by atoms with Crippen molar-refractivity contribution in [3.8, 4) is 0 Å². The molecule has 1 unspecified atom stereocenters. The van der Waals surface area contributed by atoms with Gasteiger partial charge in [0, 0.05) is 25.8 Å². The highest BCUT2D eigenvalue weighted by Gasteiger charge is 2.25. The molecule has 7 nitrogen and oxygen atoms in total. The summed E-state index contributed by atoms with van der Waals surface area (Å²) in [6, 6.07) is 8.98. The minimum absolute atomic E-state index is 0.0166. The van der Waals surface area contributed by atoms with Gasteiger partial charge >= 0.3 is 6.03 Å². The first kappa shape index (κ1) is 16.5. The van der Waals surface area contributed by atoms with E-state index in [1.165, 1.54) is 0 Å². The number of nitrogens with one attached hydrogen (secondary N) is 2. The number of morpholine rings is 1. The molecular weight excluding hydrogens is 308 g/mol. The Kier molecular flexibility index (Phi) is 5.45. The second kappa shape index (κ2) is 7.94. The van der Waals surface area contributed by atoms with Gasteiger partial charge in [0.2, 0.25) is 0 Å². The summed E-state index contributed by atoms with van der Waals surface area (Å²) in [5, 5.41) is 5.63. The molecule has 1 aliphatic rings. The van der Waals surface area contributed by atoms with Gasteiger partial charge in [-0.05, 0) is 31.2 Å². The summed E-state index contributed by atoms with van der Waals surface area (Å²) < 4.78 is 11.2. The molecule has 2 amide bonds. The highest BCUT2D eigenvalue weighted by molar-refractivity contribution is 5.88. The molecule has 0 spiro atoms. The van der Waals surface area contributed by atoms with Crippen molar-refractivity contribution in [3.63, 3.8) is 0 Å². The van der Waals surface area contributed by atoms with Crippen molar-refractivity contribution in [1.82, 2.24) is 15.2 Å². The lowest BCUT2D eigenvalue weighted by atomic mass is 10.1. The van der Waals surface area contributed by atoms with Crippen LogP contribution in [0.15, 0.2) is 40.9 Å². The van der Waals surface area contributed by atoms with Crippen LogP contribution in [0.3, 0.4) is 0 Å². The standard InChI is InChI=1S/C17H22N4O3/c1-13-5-6-15(24-13)14(21-8-10-23-11-9-21)12-19-17(22)20-16-4-2-3-7-18-16/h2-7,14H,8-12H2,1H3,(H2,18,19,20,22). The fourth-order valence-electron chi connectivity index (χ4n) is 2.72. The summed E-state index contributed by atoms with van der Waals surface area (Å²) in [6.45, 7) is 5.38. The molecule has 0 radical (unpaired) electrons. The smallest absolute Gasteiger partial charge is 0.320 e. The zero-order valence-corrected chi connectivity index (χ0v) is 13.7. The van der Waals surface area contributed by atoms with Crippen LogP contribution in [0.5, 0.6) is 0 Å². The van der Waals surface area contributed by atoms with E-state index < -0.39 is 0 Å². The normalized spacial score (nSPS) is 16.5. The molecule has 0 aliphatic carbocycles. The first-order valence-corrected chi connectivity index (χ1v) is 8.06. The lowest BCUT2D eigenvalue weighted by molar-refractivity contribution is 0.0122. The number of hydrogen-bond donors (Lipinski definition) is 2. The molecule has 128 valence electrons. The van der Waals surface area contributed by atoms with Crippen LogP contribution in [0.4, 0.5) is 10.6 Å². The van der Waals surface area contributed by atoms with Gasteiger partial charge in [-0.25, -0.2) is 9.78 Å². The predicted molar refractivity (Wildman–Crippen MR) is 89.8 cm³/mol. The maximum atomic E-state index is 12.1. The molecule has 1 atom stereocenters. The van der Waals surface area contributed by atoms with Gasteiger partial charge in [-0.1, -0.05) is 6.07 Å². The number of hydrogen-bond acceptors (Lipinski definition) is 5. The number of furan rings is 1. The van der Waals surface area contributed by atoms with Gasteiger partial charge in [-0.15, -0.1) is 0 Å². The van der Waals surface area contributed by atoms with Gasteiger partial charge in [0.15, 0.2) is 0 Å². The second-order valence-electron chi connectivity index (χ2n) is 5.66. The third-order valence-corrected chi connectivity index (χ3v) is 3.94. The first-order chi connectivity index (χ1) is 11.7. The number of aryl methyl sites for hydroxylation is 1. The third kappa shape index (κ3) is 4.33. The maximum absolute atomic E-state index is 12.1. The van der Waals surface area contributed by atoms with Gasteiger partial charge in [0.1, 0.15) is 17.3 Å². The van der Waals surface area contributed by atoms with E-state index >= 15 is 0 Å². The lowest BCUT2D eigenvalue weighted by Crippen LogP contribution is -2.44. The summed E-state index contributed by atoms with van der Waals surface area (Å²) in [4.78, 5) is 18.4. The lowest BCUT2D eigenvalue weighted by Gasteiger charge is -2.33. The molecule has 2 aromatic heterocycles. The van der Waals surface area contributed by atoms with Crippen molar-refractivity contribution >= 4 is 11.8 Å². The predicted octanol–water partition coefficient (Wildman–Crippen LogP) is 2.18. The number of carbonyl (C=O) groups excluding carboxylic acids is 1. The number of anilines is 1. The molecule has 7 heteroatoms. The van der Waals surface area contributed by atoms with Gasteiger partial charge in [0.05, 0.1) is 19.3 Å². The van der Waals surface area contributed by atoms with E-state index in [0.717, 1.165) is 24.6 Å². The number of urea groups is 1. The number of rotatable bonds is 5. The van der Waals surface area contributed by atoms with E-state index in [1.807, 2.05) is 25.1 Å². The minimum Gasteiger partial charge on any atom is -0.465 e. The molecule has 3 heterocycles. The van der Waals surface area contributed by atoms with E-state index in [-0.39, 0.29) is 12.1 Å². The maximum Gasteiger partial charge on any atom is 0.320 e. The Labute approximate surface area is 141 Å². The molecule has 1 saturated heterocycles. The molecule has 0 bridgehead atoms. The number of carbonyl (C=O) groups is 1. The molecule has 1 aliphatic heterocycles. The fourth-order valence-corrected chi connectivity index (χ4v) is 2.72. The molecular formula is C17H22N4O3. The van der Waals surface area contributed by atoms with Crippen LogP contribution >= 0.6 is 0 Å². The van der Waals surface area contributed by atoms with Crippen LogP contribution in [0.2, 0.25) is 0 Å². The number of nitrogens with zero attached hydrogens (tertiary/aromatic N) is 2. The molecule has 3 rings (SSSR count). The highest BCUT2D eigenvalue weighted by Crippen LogP contribution is 2.23. The van der Waals surface area contributed by atoms with Crippen LogP contribution in [0.25, 0.3) is 0 Å². The highest BCUT2D eigenvalue weighted by atomic mass is 16.5. The van der Waals surface area contributed by atoms with Crippen molar-refractivity contribution in [2.75, 3.05) is 38.2 Å². The number of amides is 2. The van der Waals surface area contributed by atoms with Gasteiger partial charge in [-0.2, -0.15) is 0 Å². The topological polar surface area (TPSA) is 79.6 Å². The van der Waals surface area contributed by atoms with Crippen LogP contribution < -0.4 is 10.6 Å². The van der Waals surface area contributed by atoms with E-state index in [4.69, 9.17) is 9.15 Å². The zero-order chi connectivity index (χ0) is 16.8. The monoisotopic (exact) mass is 330 g/mol. The average molecular weight is 330 g/mol. The summed E-state index contributed by atoms with van der Waals surface area (Å²) in [7, 11) is 0. The average Bonchev–Trinajstić information content (AvgIpc) is 3.03. The largest absolute Gasteiger partial charge is 0.465 e. The zero-order valence-electron chi connectivity index (χ0n) is 13.7. The Morgan fingerprint density at radius 1 is 1.29 bits per heavy atom. The minimum atomic E-state index is -0.282. The summed E-state index contributed by atoms with van der Waals surface area (Å²) in [5.41, 5.74) is 0. The SMILES string of the molecule is Cc1ccc(C(CNC(=O)Nc2ccccn2)N2CCOCC2)o1. The Bertz CT molecular complexity index is 653. The molecule has 24 heavy (non-hydrogen) atoms. The summed E-state index contributed by atoms with van der Waals surface area (Å²) >= 11 is 0. The van der Waals surface area contributed by atoms with Crippen LogP contribution in [-0.2, 0) is 4.74 Å². The molecule has 1 fully saturated rings. The Morgan fingerprint density at radius 3 is 2.79 bits per heavy atom. The van der Waals surface area contributed by atoms with E-state index in [9.17, 15) is 4.79 Å². The van der Waals surface area contributed by atoms with Crippen molar-refractivity contribution in [2.45, 2.75) is 13.0 Å². The van der Waals surface area contributed by atoms with Crippen molar-refractivity contribution in [2.24, 2.45) is 0 Å². The summed E-state index contributed by atoms with van der Waals surface area (Å²) in [6.07, 6.45) is 1.64. The first-order valence-electron chi connectivity index (χ1n) is 8.06. The molecule has 0 aromatic carbocycles. The Balaban J connectivity index is 1.62. The summed E-state index contributed by atoms with van der Waals surface area (Å²) in [5.74, 6) is 2.24. The van der Waals surface area contributed by atoms with Gasteiger partial charge < -0.3 is 14.5 Å². The molecule has 0 saturated carbocycles. The third-order valence-electron chi connectivity index (χ3n) is 3.94. The van der Waals surface area contributed by atoms with Gasteiger partial charge in [-0.3, -0.25) is 10.2 Å². The van der Waals surface area contributed by atoms with Crippen LogP contribution in [0.1, 0.15) is 17.6 Å². The van der Waals surface area contributed by atoms with Gasteiger partial charge in [0.25, 0.3) is 0 Å². The van der Waals surface area contributed by atoms with Crippen molar-refractivity contribution in [1.29, 1.82) is 0 Å². The number of aromatic nitrogens is 1. The van der Waals surface area contributed by atoms with Crippen molar-refractivity contribution in [3.05, 3.63) is 48.0 Å². The molecule has 2 N–H and O–H groups in total. The van der Waals surface area contributed by atoms with Crippen LogP contribution in [-0.4, -0.2) is 48.8 Å². The second-order valence-corrected chi connectivity index (χ2v) is 5.66. The van der Waals surface area contributed by atoms with Crippen molar-refractivity contribution < 1.29 is 13.9 Å². The van der Waals surface area contributed by atoms with E-state index in [1.54, 1.807) is 18.3 Å².